The van der Waals surface area contributed by atoms with Gasteiger partial charge in [-0.25, -0.2) is 0 Å². The predicted octanol–water partition coefficient (Wildman–Crippen LogP) is 15.7. The molecular weight excluding hydrogens is 858 g/mol. The van der Waals surface area contributed by atoms with Gasteiger partial charge in [0, 0.05) is 0 Å². The largest absolute Gasteiger partial charge is 0.147 e. The summed E-state index contributed by atoms with van der Waals surface area (Å²) in [5.74, 6) is 0.394. The molecule has 5 heteroatoms. The molecule has 0 N–H and O–H groups in total. The molecule has 8 rings (SSSR count). The van der Waals surface area contributed by atoms with Gasteiger partial charge in [0.05, 0.1) is 0 Å². The summed E-state index contributed by atoms with van der Waals surface area (Å²) in [6.07, 6.45) is 13.6. The number of hydrogen-bond donors (Lipinski definition) is 0. The van der Waals surface area contributed by atoms with Crippen LogP contribution in [0.4, 0.5) is 0 Å². The first-order valence-corrected chi connectivity index (χ1v) is 26.5. The monoisotopic (exact) mass is 912 g/mol. The summed E-state index contributed by atoms with van der Waals surface area (Å²) < 4.78 is 7.51. The molecule has 0 aromatic heterocycles. The van der Waals surface area contributed by atoms with E-state index in [-0.39, 0.29) is 41.1 Å². The van der Waals surface area contributed by atoms with Crippen molar-refractivity contribution in [2.24, 2.45) is 11.3 Å². The van der Waals surface area contributed by atoms with Crippen molar-refractivity contribution in [3.63, 3.8) is 0 Å². The molecule has 57 heavy (non-hydrogen) atoms. The van der Waals surface area contributed by atoms with Crippen LogP contribution in [0.1, 0.15) is 127 Å². The van der Waals surface area contributed by atoms with Crippen LogP contribution < -0.4 is 0 Å². The van der Waals surface area contributed by atoms with E-state index in [4.69, 9.17) is 23.2 Å². The van der Waals surface area contributed by atoms with Gasteiger partial charge >= 0.3 is 347 Å². The van der Waals surface area contributed by atoms with E-state index >= 15 is 0 Å². The Kier molecular flexibility index (Phi) is 12.3. The van der Waals surface area contributed by atoms with Crippen LogP contribution in [0.25, 0.3) is 22.3 Å². The third-order valence-electron chi connectivity index (χ3n) is 13.5. The van der Waals surface area contributed by atoms with E-state index in [0.29, 0.717) is 9.54 Å². The molecule has 4 aliphatic carbocycles. The summed E-state index contributed by atoms with van der Waals surface area (Å²) in [5.41, 5.74) is 18.5. The Balaban J connectivity index is 0.00000275. The molecule has 4 aliphatic rings. The van der Waals surface area contributed by atoms with E-state index in [2.05, 4.69) is 174 Å². The molecule has 0 saturated heterocycles. The second kappa shape index (κ2) is 15.9. The molecule has 0 amide bonds. The van der Waals surface area contributed by atoms with Crippen LogP contribution >= 0.6 is 48.0 Å². The number of halogens is 4. The van der Waals surface area contributed by atoms with Gasteiger partial charge in [0.2, 0.25) is 0 Å². The van der Waals surface area contributed by atoms with Gasteiger partial charge in [-0.3, -0.25) is 0 Å². The molecule has 0 saturated carbocycles. The van der Waals surface area contributed by atoms with E-state index in [1.54, 1.807) is 3.28 Å². The zero-order valence-electron chi connectivity index (χ0n) is 35.2. The number of fused-ring (bicyclic) bond motifs is 5. The second-order valence-corrected chi connectivity index (χ2v) is 28.9. The van der Waals surface area contributed by atoms with Crippen molar-refractivity contribution in [1.29, 1.82) is 0 Å². The van der Waals surface area contributed by atoms with Crippen LogP contribution in [0, 0.1) is 11.3 Å². The summed E-state index contributed by atoms with van der Waals surface area (Å²) >= 11 is 9.12. The topological polar surface area (TPSA) is 0 Å². The molecule has 0 heterocycles. The molecule has 0 radical (unpaired) electrons. The van der Waals surface area contributed by atoms with Crippen molar-refractivity contribution in [2.75, 3.05) is 0 Å². The van der Waals surface area contributed by atoms with Gasteiger partial charge < -0.3 is 0 Å². The van der Waals surface area contributed by atoms with Crippen molar-refractivity contribution in [1.82, 2.24) is 0 Å². The maximum absolute atomic E-state index is 6.53. The fraction of sp³-hybridized carbons (Fsp3) is 0.346. The number of allylic oxidation sites excluding steroid dienone is 8. The Hall–Kier alpha value is -2.38. The Morgan fingerprint density at radius 3 is 1.72 bits per heavy atom. The third kappa shape index (κ3) is 7.77. The van der Waals surface area contributed by atoms with E-state index < -0.39 is 19.3 Å². The fourth-order valence-corrected chi connectivity index (χ4v) is 24.8. The quantitative estimate of drug-likeness (QED) is 0.165. The Morgan fingerprint density at radius 2 is 1.21 bits per heavy atom. The molecule has 4 aromatic rings. The summed E-state index contributed by atoms with van der Waals surface area (Å²) in [7, 11) is 0. The molecule has 0 aliphatic heterocycles. The van der Waals surface area contributed by atoms with Gasteiger partial charge in [-0.1, -0.05) is 0 Å². The van der Waals surface area contributed by atoms with Crippen LogP contribution in [0.3, 0.4) is 0 Å². The van der Waals surface area contributed by atoms with Crippen molar-refractivity contribution in [2.45, 2.75) is 103 Å². The van der Waals surface area contributed by atoms with Gasteiger partial charge in [-0.2, -0.15) is 0 Å². The summed E-state index contributed by atoms with van der Waals surface area (Å²) in [6, 6.07) is 27.4. The van der Waals surface area contributed by atoms with Crippen molar-refractivity contribution in [3.05, 3.63) is 161 Å². The molecule has 2 atom stereocenters. The maximum atomic E-state index is 6.53. The first kappa shape index (κ1) is 44.2. The van der Waals surface area contributed by atoms with Gasteiger partial charge in [0.25, 0.3) is 0 Å². The summed E-state index contributed by atoms with van der Waals surface area (Å²) in [6.45, 7) is 24.1. The van der Waals surface area contributed by atoms with Gasteiger partial charge in [-0.05, 0) is 0 Å². The summed E-state index contributed by atoms with van der Waals surface area (Å²) in [5, 5.41) is 1.55. The van der Waals surface area contributed by atoms with Gasteiger partial charge in [0.1, 0.15) is 0 Å². The minimum atomic E-state index is -3.94. The average molecular weight is 916 g/mol. The summed E-state index contributed by atoms with van der Waals surface area (Å²) in [4.78, 5) is 0. The molecular formula is C52H58Cl4Zr. The molecule has 4 aromatic carbocycles. The van der Waals surface area contributed by atoms with E-state index in [1.165, 1.54) is 72.4 Å². The van der Waals surface area contributed by atoms with Crippen LogP contribution in [-0.4, -0.2) is 7.42 Å². The van der Waals surface area contributed by atoms with E-state index in [9.17, 15) is 0 Å². The molecule has 0 nitrogen and oxygen atoms in total. The first-order chi connectivity index (χ1) is 25.9. The normalized spacial score (nSPS) is 19.6. The van der Waals surface area contributed by atoms with E-state index in [0.717, 1.165) is 29.3 Å². The standard InChI is InChI=1S/C27H29.C11H17.2C7H5Cl.2ClH.Zr/c1-16-7-9-26(3,4)24-12-18-11-19-13-25-21(17(2)8-10-27(25,5)6)15-23(19)22(18)14-20(16)24;1-5-9-6-7-10(8-9)11(2,3)4;2*1-6-2-4-7(8)5-3-6;;;/h7-9,12-15H,10-11H2,1-6H3;7-9H,5H2,1-4H3;2*1-5H;2*1H;. The van der Waals surface area contributed by atoms with Gasteiger partial charge in [-0.15, -0.1) is 24.8 Å². The van der Waals surface area contributed by atoms with E-state index in [1.807, 2.05) is 0 Å². The Labute approximate surface area is 368 Å². The van der Waals surface area contributed by atoms with Crippen LogP contribution in [0.2, 0.25) is 13.7 Å². The Bertz CT molecular complexity index is 2450. The zero-order chi connectivity index (χ0) is 39.2. The van der Waals surface area contributed by atoms with Gasteiger partial charge in [0.15, 0.2) is 0 Å². The zero-order valence-corrected chi connectivity index (χ0v) is 40.8. The SMILES string of the molecule is CCC1C=C(C(C)(C)C)C=[C]1[Zr](=[CH]c1ccc(Cl)cc1)(=[CH]c1ccc(Cl)cc1)[CH]1C=C(C)c2cc3c(cc2C1(C)C)Cc1cc2c(cc1-3)C(C)=CCC2(C)C.Cl.Cl. The molecule has 0 spiro atoms. The van der Waals surface area contributed by atoms with Crippen molar-refractivity contribution >= 4 is 66.6 Å². The molecule has 0 fully saturated rings. The molecule has 298 valence electrons. The number of rotatable bonds is 5. The minimum absolute atomic E-state index is 0. The van der Waals surface area contributed by atoms with Crippen LogP contribution in [-0.2, 0) is 36.5 Å². The minimum Gasteiger partial charge on any atom is -0.147 e. The van der Waals surface area contributed by atoms with Crippen molar-refractivity contribution in [3.8, 4) is 11.1 Å². The fourth-order valence-electron chi connectivity index (χ4n) is 10.2. The van der Waals surface area contributed by atoms with Crippen molar-refractivity contribution < 1.29 is 19.3 Å². The Morgan fingerprint density at radius 1 is 0.702 bits per heavy atom. The molecule has 2 unspecified atom stereocenters. The first-order valence-electron chi connectivity index (χ1n) is 20.3. The second-order valence-electron chi connectivity index (χ2n) is 19.1. The smallest absolute Gasteiger partial charge is 0.147 e. The van der Waals surface area contributed by atoms with Crippen LogP contribution in [0.15, 0.2) is 106 Å². The van der Waals surface area contributed by atoms with Crippen LogP contribution in [0.5, 0.6) is 0 Å². The number of benzene rings is 4. The predicted molar refractivity (Wildman–Crippen MR) is 254 cm³/mol. The maximum Gasteiger partial charge on any atom is -0.147 e. The molecule has 0 bridgehead atoms. The average Bonchev–Trinajstić information content (AvgIpc) is 3.74. The number of hydrogen-bond acceptors (Lipinski definition) is 0. The third-order valence-corrected chi connectivity index (χ3v) is 26.4.